The molecule has 7 heteroatoms. The minimum Gasteiger partial charge on any atom is -0.378 e. The van der Waals surface area contributed by atoms with Gasteiger partial charge in [-0.15, -0.1) is 11.3 Å². The van der Waals surface area contributed by atoms with Gasteiger partial charge in [-0.05, 0) is 35.7 Å². The molecule has 2 aromatic carbocycles. The number of ether oxygens (including phenoxy) is 1. The maximum absolute atomic E-state index is 13.1. The third-order valence-electron chi connectivity index (χ3n) is 6.03. The average molecular weight is 478 g/mol. The highest BCUT2D eigenvalue weighted by Gasteiger charge is 2.22. The van der Waals surface area contributed by atoms with Crippen molar-refractivity contribution in [2.75, 3.05) is 36.5 Å². The zero-order chi connectivity index (χ0) is 23.9. The third kappa shape index (κ3) is 5.85. The Balaban J connectivity index is 1.48. The standard InChI is InChI=1S/C27H31N3O3S/c1-3-19(2)25(31)29-22-11-7-8-20(16-22)18-28-26(32)24-17-23(21-9-5-4-6-10-21)27(34-24)30-12-14-33-15-13-30/h4-11,16-17,19H,3,12-15,18H2,1-2H3,(H,28,32)(H,29,31). The summed E-state index contributed by atoms with van der Waals surface area (Å²) in [5, 5.41) is 7.10. The van der Waals surface area contributed by atoms with Crippen molar-refractivity contribution >= 4 is 33.8 Å². The first-order chi connectivity index (χ1) is 16.5. The van der Waals surface area contributed by atoms with Crippen LogP contribution >= 0.6 is 11.3 Å². The Hall–Kier alpha value is -3.16. The Morgan fingerprint density at radius 1 is 1.06 bits per heavy atom. The number of benzene rings is 2. The lowest BCUT2D eigenvalue weighted by molar-refractivity contribution is -0.119. The number of hydrogen-bond acceptors (Lipinski definition) is 5. The summed E-state index contributed by atoms with van der Waals surface area (Å²) < 4.78 is 5.52. The molecule has 0 spiro atoms. The lowest BCUT2D eigenvalue weighted by Gasteiger charge is -2.28. The number of nitrogens with one attached hydrogen (secondary N) is 2. The second-order valence-corrected chi connectivity index (χ2v) is 9.51. The van der Waals surface area contributed by atoms with E-state index in [2.05, 4.69) is 27.7 Å². The number of morpholine rings is 1. The first kappa shape index (κ1) is 24.0. The minimum absolute atomic E-state index is 0.00588. The Morgan fingerprint density at radius 3 is 2.56 bits per heavy atom. The van der Waals surface area contributed by atoms with Crippen LogP contribution in [-0.4, -0.2) is 38.1 Å². The van der Waals surface area contributed by atoms with Crippen LogP contribution in [0.4, 0.5) is 10.7 Å². The van der Waals surface area contributed by atoms with E-state index in [0.717, 1.165) is 46.9 Å². The quantitative estimate of drug-likeness (QED) is 0.470. The lowest BCUT2D eigenvalue weighted by Crippen LogP contribution is -2.35. The van der Waals surface area contributed by atoms with E-state index in [-0.39, 0.29) is 17.7 Å². The van der Waals surface area contributed by atoms with Crippen LogP contribution in [0.1, 0.15) is 35.5 Å². The number of thiophene rings is 1. The molecule has 1 atom stereocenters. The van der Waals surface area contributed by atoms with E-state index in [9.17, 15) is 9.59 Å². The van der Waals surface area contributed by atoms with E-state index in [4.69, 9.17) is 4.74 Å². The molecular weight excluding hydrogens is 446 g/mol. The average Bonchev–Trinajstić information content (AvgIpc) is 3.34. The van der Waals surface area contributed by atoms with Gasteiger partial charge in [-0.1, -0.05) is 56.3 Å². The number of hydrogen-bond donors (Lipinski definition) is 2. The van der Waals surface area contributed by atoms with Gasteiger partial charge in [0.2, 0.25) is 5.91 Å². The summed E-state index contributed by atoms with van der Waals surface area (Å²) in [6.07, 6.45) is 0.791. The number of nitrogens with zero attached hydrogens (tertiary/aromatic N) is 1. The van der Waals surface area contributed by atoms with Gasteiger partial charge >= 0.3 is 0 Å². The largest absolute Gasteiger partial charge is 0.378 e. The lowest BCUT2D eigenvalue weighted by atomic mass is 10.1. The van der Waals surface area contributed by atoms with E-state index < -0.39 is 0 Å². The molecule has 2 amide bonds. The Labute approximate surface area is 204 Å². The van der Waals surface area contributed by atoms with E-state index in [1.54, 1.807) is 0 Å². The molecule has 1 aliphatic rings. The van der Waals surface area contributed by atoms with Gasteiger partial charge in [0.05, 0.1) is 23.1 Å². The normalized spacial score (nSPS) is 14.5. The molecule has 0 bridgehead atoms. The fourth-order valence-corrected chi connectivity index (χ4v) is 4.95. The highest BCUT2D eigenvalue weighted by atomic mass is 32.1. The van der Waals surface area contributed by atoms with E-state index >= 15 is 0 Å². The molecule has 0 radical (unpaired) electrons. The number of carbonyl (C=O) groups is 2. The fourth-order valence-electron chi connectivity index (χ4n) is 3.80. The summed E-state index contributed by atoms with van der Waals surface area (Å²) in [7, 11) is 0. The molecule has 3 aromatic rings. The highest BCUT2D eigenvalue weighted by Crippen LogP contribution is 2.39. The summed E-state index contributed by atoms with van der Waals surface area (Å²) in [5.74, 6) is -0.135. The SMILES string of the molecule is CCC(C)C(=O)Nc1cccc(CNC(=O)c2cc(-c3ccccc3)c(N3CCOCC3)s2)c1. The number of anilines is 2. The van der Waals surface area contributed by atoms with Gasteiger partial charge < -0.3 is 20.3 Å². The smallest absolute Gasteiger partial charge is 0.261 e. The second kappa shape index (κ2) is 11.3. The van der Waals surface area contributed by atoms with Crippen molar-refractivity contribution in [2.24, 2.45) is 5.92 Å². The predicted octanol–water partition coefficient (Wildman–Crippen LogP) is 5.17. The first-order valence-corrected chi connectivity index (χ1v) is 12.6. The molecule has 1 saturated heterocycles. The van der Waals surface area contributed by atoms with Crippen molar-refractivity contribution in [3.8, 4) is 11.1 Å². The molecule has 1 unspecified atom stereocenters. The summed E-state index contributed by atoms with van der Waals surface area (Å²) in [5.41, 5.74) is 3.86. The molecule has 34 heavy (non-hydrogen) atoms. The summed E-state index contributed by atoms with van der Waals surface area (Å²) in [6, 6.07) is 19.8. The van der Waals surface area contributed by atoms with Crippen LogP contribution < -0.4 is 15.5 Å². The molecule has 0 aliphatic carbocycles. The summed E-state index contributed by atoms with van der Waals surface area (Å²) in [6.45, 7) is 7.31. The van der Waals surface area contributed by atoms with Gasteiger partial charge in [-0.25, -0.2) is 0 Å². The van der Waals surface area contributed by atoms with Crippen LogP contribution in [0.3, 0.4) is 0 Å². The van der Waals surface area contributed by atoms with Gasteiger partial charge in [0, 0.05) is 36.8 Å². The maximum Gasteiger partial charge on any atom is 0.261 e. The Morgan fingerprint density at radius 2 is 1.82 bits per heavy atom. The highest BCUT2D eigenvalue weighted by molar-refractivity contribution is 7.18. The Kier molecular flexibility index (Phi) is 7.98. The Bertz CT molecular complexity index is 1120. The predicted molar refractivity (Wildman–Crippen MR) is 138 cm³/mol. The molecule has 1 aliphatic heterocycles. The number of rotatable bonds is 8. The molecule has 0 saturated carbocycles. The van der Waals surface area contributed by atoms with Crippen LogP contribution in [0.2, 0.25) is 0 Å². The van der Waals surface area contributed by atoms with Crippen LogP contribution in [0.5, 0.6) is 0 Å². The van der Waals surface area contributed by atoms with Crippen LogP contribution in [-0.2, 0) is 16.1 Å². The number of amides is 2. The maximum atomic E-state index is 13.1. The summed E-state index contributed by atoms with van der Waals surface area (Å²) in [4.78, 5) is 28.3. The summed E-state index contributed by atoms with van der Waals surface area (Å²) >= 11 is 1.52. The third-order valence-corrected chi connectivity index (χ3v) is 7.22. The van der Waals surface area contributed by atoms with Crippen molar-refractivity contribution in [2.45, 2.75) is 26.8 Å². The number of carbonyl (C=O) groups excluding carboxylic acids is 2. The second-order valence-electron chi connectivity index (χ2n) is 8.48. The molecular formula is C27H31N3O3S. The van der Waals surface area contributed by atoms with Crippen molar-refractivity contribution in [3.05, 3.63) is 71.1 Å². The van der Waals surface area contributed by atoms with Gasteiger partial charge in [-0.3, -0.25) is 9.59 Å². The van der Waals surface area contributed by atoms with Crippen LogP contribution in [0.15, 0.2) is 60.7 Å². The molecule has 1 fully saturated rings. The van der Waals surface area contributed by atoms with Crippen LogP contribution in [0, 0.1) is 5.92 Å². The topological polar surface area (TPSA) is 70.7 Å². The van der Waals surface area contributed by atoms with Crippen molar-refractivity contribution in [3.63, 3.8) is 0 Å². The molecule has 6 nitrogen and oxygen atoms in total. The molecule has 178 valence electrons. The zero-order valence-electron chi connectivity index (χ0n) is 19.7. The van der Waals surface area contributed by atoms with Gasteiger partial charge in [0.1, 0.15) is 0 Å². The molecule has 4 rings (SSSR count). The van der Waals surface area contributed by atoms with E-state index in [1.165, 1.54) is 11.3 Å². The van der Waals surface area contributed by atoms with Gasteiger partial charge in [0.25, 0.3) is 5.91 Å². The zero-order valence-corrected chi connectivity index (χ0v) is 20.5. The first-order valence-electron chi connectivity index (χ1n) is 11.7. The van der Waals surface area contributed by atoms with Gasteiger partial charge in [0.15, 0.2) is 0 Å². The van der Waals surface area contributed by atoms with Crippen molar-refractivity contribution in [1.82, 2.24) is 5.32 Å². The van der Waals surface area contributed by atoms with Crippen molar-refractivity contribution in [1.29, 1.82) is 0 Å². The molecule has 1 aromatic heterocycles. The molecule has 2 N–H and O–H groups in total. The van der Waals surface area contributed by atoms with Gasteiger partial charge in [-0.2, -0.15) is 0 Å². The van der Waals surface area contributed by atoms with E-state index in [0.29, 0.717) is 24.6 Å². The monoisotopic (exact) mass is 477 g/mol. The minimum atomic E-state index is -0.101. The molecule has 2 heterocycles. The van der Waals surface area contributed by atoms with Crippen LogP contribution in [0.25, 0.3) is 11.1 Å². The fraction of sp³-hybridized carbons (Fsp3) is 0.333. The van der Waals surface area contributed by atoms with E-state index in [1.807, 2.05) is 62.4 Å². The van der Waals surface area contributed by atoms with Crippen molar-refractivity contribution < 1.29 is 14.3 Å².